The molecule has 8 heteroatoms. The van der Waals surface area contributed by atoms with E-state index in [0.717, 1.165) is 29.5 Å². The van der Waals surface area contributed by atoms with Gasteiger partial charge < -0.3 is 15.0 Å². The van der Waals surface area contributed by atoms with Crippen LogP contribution in [0.2, 0.25) is 5.02 Å². The summed E-state index contributed by atoms with van der Waals surface area (Å²) in [6.07, 6.45) is 4.77. The fourth-order valence-electron chi connectivity index (χ4n) is 4.95. The van der Waals surface area contributed by atoms with Crippen LogP contribution in [0.1, 0.15) is 54.4 Å². The largest absolute Gasteiger partial charge is 0.475 e. The zero-order valence-electron chi connectivity index (χ0n) is 19.8. The predicted molar refractivity (Wildman–Crippen MR) is 138 cm³/mol. The highest BCUT2D eigenvalue weighted by Gasteiger charge is 2.26. The lowest BCUT2D eigenvalue weighted by Crippen LogP contribution is -2.25. The molecular weight excluding hydrogens is 462 g/mol. The average Bonchev–Trinajstić information content (AvgIpc) is 3.49. The Hall–Kier alpha value is -3.45. The molecule has 2 heterocycles. The second-order valence-corrected chi connectivity index (χ2v) is 9.80. The number of nitrogens with zero attached hydrogens (tertiary/aromatic N) is 4. The number of hydrogen-bond donors (Lipinski definition) is 2. The molecule has 0 radical (unpaired) electrons. The Morgan fingerprint density at radius 1 is 1.14 bits per heavy atom. The fourth-order valence-corrected chi connectivity index (χ4v) is 5.08. The molecule has 0 saturated heterocycles. The van der Waals surface area contributed by atoms with Gasteiger partial charge in [0.05, 0.1) is 0 Å². The lowest BCUT2D eigenvalue weighted by Gasteiger charge is -2.22. The van der Waals surface area contributed by atoms with Crippen LogP contribution in [0.5, 0.6) is 0 Å². The van der Waals surface area contributed by atoms with Gasteiger partial charge in [-0.15, -0.1) is 0 Å². The third kappa shape index (κ3) is 4.86. The first-order valence-electron chi connectivity index (χ1n) is 12.0. The minimum atomic E-state index is -1.17. The summed E-state index contributed by atoms with van der Waals surface area (Å²) in [5.41, 5.74) is 4.15. The minimum absolute atomic E-state index is 0.151. The van der Waals surface area contributed by atoms with E-state index >= 15 is 0 Å². The Kier molecular flexibility index (Phi) is 6.43. The molecule has 1 fully saturated rings. The highest BCUT2D eigenvalue weighted by molar-refractivity contribution is 6.30. The van der Waals surface area contributed by atoms with E-state index in [2.05, 4.69) is 32.8 Å². The Morgan fingerprint density at radius 2 is 1.89 bits per heavy atom. The number of fused-ring (bicyclic) bond motifs is 1. The standard InChI is InChI=1S/C27H28ClN5O2/c1-16-6-5-9-20(14-16)26-32-24-22(33(26)15-18-10-12-21(28)13-11-18)23(30-25(31-24)27(34)35)29-17(2)19-7-3-4-8-19/h5-6,9-14,17,19H,3-4,7-8,15H2,1-2H3,(H,34,35)(H,29,30,31)/t17-/m1/s1. The molecular formula is C27H28ClN5O2. The minimum Gasteiger partial charge on any atom is -0.475 e. The van der Waals surface area contributed by atoms with Crippen LogP contribution in [0.3, 0.4) is 0 Å². The van der Waals surface area contributed by atoms with Crippen LogP contribution in [-0.2, 0) is 6.54 Å². The van der Waals surface area contributed by atoms with Crippen molar-refractivity contribution in [2.75, 3.05) is 5.32 Å². The maximum Gasteiger partial charge on any atom is 0.374 e. The number of nitrogens with one attached hydrogen (secondary N) is 1. The number of anilines is 1. The van der Waals surface area contributed by atoms with E-state index in [4.69, 9.17) is 16.6 Å². The van der Waals surface area contributed by atoms with Crippen LogP contribution in [0.15, 0.2) is 48.5 Å². The number of halogens is 1. The van der Waals surface area contributed by atoms with E-state index in [-0.39, 0.29) is 11.9 Å². The molecule has 0 amide bonds. The number of aromatic nitrogens is 4. The first kappa shape index (κ1) is 23.3. The van der Waals surface area contributed by atoms with Gasteiger partial charge in [0.15, 0.2) is 11.5 Å². The summed E-state index contributed by atoms with van der Waals surface area (Å²) < 4.78 is 2.07. The maximum absolute atomic E-state index is 11.9. The molecule has 2 N–H and O–H groups in total. The first-order chi connectivity index (χ1) is 16.9. The summed E-state index contributed by atoms with van der Waals surface area (Å²) in [6, 6.07) is 15.9. The molecule has 2 aromatic carbocycles. The van der Waals surface area contributed by atoms with E-state index in [1.54, 1.807) is 0 Å². The van der Waals surface area contributed by atoms with Crippen molar-refractivity contribution < 1.29 is 9.90 Å². The van der Waals surface area contributed by atoms with Crippen molar-refractivity contribution in [1.82, 2.24) is 19.5 Å². The van der Waals surface area contributed by atoms with Gasteiger partial charge in [0.1, 0.15) is 11.3 Å². The zero-order chi connectivity index (χ0) is 24.5. The molecule has 1 aliphatic carbocycles. The summed E-state index contributed by atoms with van der Waals surface area (Å²) >= 11 is 6.12. The van der Waals surface area contributed by atoms with E-state index in [0.29, 0.717) is 40.3 Å². The van der Waals surface area contributed by atoms with Crippen molar-refractivity contribution in [2.24, 2.45) is 5.92 Å². The van der Waals surface area contributed by atoms with Crippen LogP contribution >= 0.6 is 11.6 Å². The molecule has 35 heavy (non-hydrogen) atoms. The van der Waals surface area contributed by atoms with E-state index in [1.807, 2.05) is 49.4 Å². The van der Waals surface area contributed by atoms with Crippen LogP contribution in [0, 0.1) is 12.8 Å². The predicted octanol–water partition coefficient (Wildman–Crippen LogP) is 6.19. The van der Waals surface area contributed by atoms with Gasteiger partial charge in [-0.1, -0.05) is 60.3 Å². The van der Waals surface area contributed by atoms with Crippen molar-refractivity contribution in [2.45, 2.75) is 52.1 Å². The van der Waals surface area contributed by atoms with E-state index in [1.165, 1.54) is 12.8 Å². The van der Waals surface area contributed by atoms with Gasteiger partial charge >= 0.3 is 5.97 Å². The topological polar surface area (TPSA) is 92.9 Å². The highest BCUT2D eigenvalue weighted by atomic mass is 35.5. The van der Waals surface area contributed by atoms with Crippen LogP contribution in [0.25, 0.3) is 22.6 Å². The molecule has 0 unspecified atom stereocenters. The average molecular weight is 490 g/mol. The molecule has 7 nitrogen and oxygen atoms in total. The fraction of sp³-hybridized carbons (Fsp3) is 0.333. The van der Waals surface area contributed by atoms with Crippen LogP contribution in [-0.4, -0.2) is 36.6 Å². The summed E-state index contributed by atoms with van der Waals surface area (Å²) in [7, 11) is 0. The zero-order valence-corrected chi connectivity index (χ0v) is 20.6. The smallest absolute Gasteiger partial charge is 0.374 e. The van der Waals surface area contributed by atoms with Gasteiger partial charge in [-0.2, -0.15) is 0 Å². The lowest BCUT2D eigenvalue weighted by molar-refractivity contribution is 0.0684. The molecule has 180 valence electrons. The summed E-state index contributed by atoms with van der Waals surface area (Å²) in [5.74, 6) is 0.315. The molecule has 1 aliphatic rings. The molecule has 0 spiro atoms. The number of benzene rings is 2. The quantitative estimate of drug-likeness (QED) is 0.321. The molecule has 5 rings (SSSR count). The summed E-state index contributed by atoms with van der Waals surface area (Å²) in [4.78, 5) is 25.5. The first-order valence-corrected chi connectivity index (χ1v) is 12.4. The van der Waals surface area contributed by atoms with Crippen molar-refractivity contribution in [1.29, 1.82) is 0 Å². The van der Waals surface area contributed by atoms with Crippen molar-refractivity contribution in [3.05, 3.63) is 70.5 Å². The highest BCUT2D eigenvalue weighted by Crippen LogP contribution is 2.33. The van der Waals surface area contributed by atoms with Gasteiger partial charge in [-0.05, 0) is 56.4 Å². The Labute approximate surface area is 209 Å². The molecule has 0 aliphatic heterocycles. The monoisotopic (exact) mass is 489 g/mol. The molecule has 2 aromatic heterocycles. The molecule has 1 atom stereocenters. The van der Waals surface area contributed by atoms with Gasteiger partial charge in [0.2, 0.25) is 5.82 Å². The van der Waals surface area contributed by atoms with E-state index in [9.17, 15) is 9.90 Å². The third-order valence-electron chi connectivity index (χ3n) is 6.80. The Bertz CT molecular complexity index is 1380. The number of aryl methyl sites for hydroxylation is 1. The molecule has 1 saturated carbocycles. The normalized spacial score (nSPS) is 14.9. The van der Waals surface area contributed by atoms with Crippen molar-refractivity contribution in [3.63, 3.8) is 0 Å². The maximum atomic E-state index is 11.9. The Balaban J connectivity index is 1.70. The van der Waals surface area contributed by atoms with E-state index < -0.39 is 5.97 Å². The van der Waals surface area contributed by atoms with Gasteiger partial charge in [-0.25, -0.2) is 19.7 Å². The SMILES string of the molecule is Cc1cccc(-c2nc3nc(C(=O)O)nc(N[C@H](C)C4CCCC4)c3n2Cc2ccc(Cl)cc2)c1. The number of hydrogen-bond acceptors (Lipinski definition) is 5. The third-order valence-corrected chi connectivity index (χ3v) is 7.05. The van der Waals surface area contributed by atoms with Crippen LogP contribution in [0.4, 0.5) is 5.82 Å². The number of carboxylic acids is 1. The number of carboxylic acid groups (broad SMARTS) is 1. The van der Waals surface area contributed by atoms with Crippen LogP contribution < -0.4 is 5.32 Å². The van der Waals surface area contributed by atoms with Crippen molar-refractivity contribution in [3.8, 4) is 11.4 Å². The number of imidazole rings is 1. The van der Waals surface area contributed by atoms with Gasteiger partial charge in [0.25, 0.3) is 0 Å². The van der Waals surface area contributed by atoms with Crippen molar-refractivity contribution >= 4 is 34.6 Å². The lowest BCUT2D eigenvalue weighted by atomic mass is 10.00. The second kappa shape index (κ2) is 9.66. The number of aromatic carboxylic acids is 1. The molecule has 0 bridgehead atoms. The second-order valence-electron chi connectivity index (χ2n) is 9.37. The Morgan fingerprint density at radius 3 is 2.57 bits per heavy atom. The summed E-state index contributed by atoms with van der Waals surface area (Å²) in [5, 5.41) is 13.9. The molecule has 4 aromatic rings. The number of rotatable bonds is 7. The van der Waals surface area contributed by atoms with Gasteiger partial charge in [-0.3, -0.25) is 0 Å². The number of carbonyl (C=O) groups is 1. The summed E-state index contributed by atoms with van der Waals surface area (Å²) in [6.45, 7) is 4.69. The van der Waals surface area contributed by atoms with Gasteiger partial charge in [0, 0.05) is 23.2 Å².